The Bertz CT molecular complexity index is 972. The smallest absolute Gasteiger partial charge is 0.250 e. The number of benzene rings is 1. The van der Waals surface area contributed by atoms with Crippen molar-refractivity contribution in [2.75, 3.05) is 13.7 Å². The molecule has 3 N–H and O–H groups in total. The van der Waals surface area contributed by atoms with Crippen LogP contribution in [0, 0.1) is 0 Å². The number of aryl methyl sites for hydroxylation is 1. The summed E-state index contributed by atoms with van der Waals surface area (Å²) in [5.74, 6) is 0.814. The number of nitrogens with one attached hydrogen (secondary N) is 1. The molecule has 3 heterocycles. The Balaban J connectivity index is 1.45. The molecule has 1 fully saturated rings. The Morgan fingerprint density at radius 2 is 2.23 bits per heavy atom. The molecule has 2 aliphatic heterocycles. The fraction of sp³-hybridized carbons (Fsp3) is 0.400. The Hall–Kier alpha value is -3.56. The number of imidazole rings is 1. The predicted molar refractivity (Wildman–Crippen MR) is 108 cm³/mol. The van der Waals surface area contributed by atoms with Gasteiger partial charge in [-0.3, -0.25) is 14.9 Å². The predicted octanol–water partition coefficient (Wildman–Crippen LogP) is 0.928. The van der Waals surface area contributed by atoms with E-state index in [1.54, 1.807) is 24.5 Å². The lowest BCUT2D eigenvalue weighted by molar-refractivity contribution is -0.126. The molecule has 10 heteroatoms. The lowest BCUT2D eigenvalue weighted by Crippen LogP contribution is -2.39. The summed E-state index contributed by atoms with van der Waals surface area (Å²) in [5.41, 5.74) is 6.81. The van der Waals surface area contributed by atoms with E-state index in [1.807, 2.05) is 22.9 Å². The molecular weight excluding hydrogens is 388 g/mol. The molecule has 10 nitrogen and oxygen atoms in total. The topological polar surface area (TPSA) is 124 Å². The van der Waals surface area contributed by atoms with Crippen LogP contribution in [0.1, 0.15) is 24.8 Å². The molecule has 0 aliphatic carbocycles. The van der Waals surface area contributed by atoms with Crippen molar-refractivity contribution in [2.45, 2.75) is 38.4 Å². The van der Waals surface area contributed by atoms with E-state index in [4.69, 9.17) is 15.2 Å². The molecule has 158 valence electrons. The second-order valence-corrected chi connectivity index (χ2v) is 7.19. The van der Waals surface area contributed by atoms with Gasteiger partial charge in [0.05, 0.1) is 38.7 Å². The Morgan fingerprint density at radius 1 is 1.37 bits per heavy atom. The fourth-order valence-corrected chi connectivity index (χ4v) is 3.70. The van der Waals surface area contributed by atoms with Gasteiger partial charge in [-0.25, -0.2) is 9.98 Å². The molecular formula is C20H24N6O4. The van der Waals surface area contributed by atoms with Gasteiger partial charge in [-0.1, -0.05) is 0 Å². The standard InChI is InChI=1S/C20H24N6O4/c1-29-18-13-11-26-15(10-17(21)27)19(28)24-20(26)23-14(13)4-5-16(18)30-9-3-2-7-25-8-6-22-12-25/h4-6,8,12,15H,2-3,7,9-11H2,1H3,(H2,21,27)(H,23,24,28). The van der Waals surface area contributed by atoms with Gasteiger partial charge in [-0.05, 0) is 25.0 Å². The number of unbranched alkanes of at least 4 members (excludes halogenated alkanes) is 1. The monoisotopic (exact) mass is 412 g/mol. The van der Waals surface area contributed by atoms with Gasteiger partial charge in [0.1, 0.15) is 6.04 Å². The number of nitrogens with two attached hydrogens (primary N) is 1. The van der Waals surface area contributed by atoms with Crippen LogP contribution in [0.5, 0.6) is 11.5 Å². The van der Waals surface area contributed by atoms with Crippen LogP contribution in [-0.4, -0.2) is 52.0 Å². The number of rotatable bonds is 9. The lowest BCUT2D eigenvalue weighted by Gasteiger charge is -2.29. The maximum atomic E-state index is 12.2. The summed E-state index contributed by atoms with van der Waals surface area (Å²) in [4.78, 5) is 33.9. The number of primary amides is 1. The molecule has 0 saturated carbocycles. The third-order valence-corrected chi connectivity index (χ3v) is 5.17. The van der Waals surface area contributed by atoms with Gasteiger partial charge < -0.3 is 24.7 Å². The second kappa shape index (κ2) is 8.44. The van der Waals surface area contributed by atoms with Gasteiger partial charge in [-0.2, -0.15) is 0 Å². The Morgan fingerprint density at radius 3 is 2.97 bits per heavy atom. The molecule has 1 aromatic heterocycles. The van der Waals surface area contributed by atoms with Crippen molar-refractivity contribution in [3.8, 4) is 11.5 Å². The van der Waals surface area contributed by atoms with Gasteiger partial charge in [0, 0.05) is 24.5 Å². The van der Waals surface area contributed by atoms with Gasteiger partial charge in [0.2, 0.25) is 17.8 Å². The summed E-state index contributed by atoms with van der Waals surface area (Å²) < 4.78 is 13.6. The zero-order chi connectivity index (χ0) is 21.1. The molecule has 2 amide bonds. The van der Waals surface area contributed by atoms with E-state index >= 15 is 0 Å². The zero-order valence-corrected chi connectivity index (χ0v) is 16.7. The van der Waals surface area contributed by atoms with Crippen molar-refractivity contribution >= 4 is 23.5 Å². The number of aliphatic imine (C=N–C) groups is 1. The fourth-order valence-electron chi connectivity index (χ4n) is 3.70. The summed E-state index contributed by atoms with van der Waals surface area (Å²) in [6.07, 6.45) is 7.27. The summed E-state index contributed by atoms with van der Waals surface area (Å²) in [6, 6.07) is 2.99. The molecule has 1 unspecified atom stereocenters. The van der Waals surface area contributed by atoms with Crippen molar-refractivity contribution in [1.82, 2.24) is 19.8 Å². The maximum absolute atomic E-state index is 12.2. The number of amides is 2. The van der Waals surface area contributed by atoms with Crippen LogP contribution >= 0.6 is 0 Å². The van der Waals surface area contributed by atoms with E-state index < -0.39 is 11.9 Å². The van der Waals surface area contributed by atoms with E-state index in [-0.39, 0.29) is 12.3 Å². The number of methoxy groups -OCH3 is 1. The first-order chi connectivity index (χ1) is 14.6. The molecule has 1 atom stereocenters. The molecule has 1 saturated heterocycles. The second-order valence-electron chi connectivity index (χ2n) is 7.19. The van der Waals surface area contributed by atoms with E-state index in [1.165, 1.54) is 0 Å². The normalized spacial score (nSPS) is 17.1. The molecule has 2 aliphatic rings. The van der Waals surface area contributed by atoms with Crippen LogP contribution in [0.25, 0.3) is 0 Å². The highest BCUT2D eigenvalue weighted by molar-refractivity contribution is 6.09. The average molecular weight is 412 g/mol. The number of hydrogen-bond acceptors (Lipinski definition) is 7. The number of fused-ring (bicyclic) bond motifs is 2. The third kappa shape index (κ3) is 3.93. The van der Waals surface area contributed by atoms with Crippen molar-refractivity contribution < 1.29 is 19.1 Å². The minimum Gasteiger partial charge on any atom is -0.492 e. The summed E-state index contributed by atoms with van der Waals surface area (Å²) >= 11 is 0. The number of guanidine groups is 1. The minimum absolute atomic E-state index is 0.0738. The summed E-state index contributed by atoms with van der Waals surface area (Å²) in [5, 5.41) is 2.71. The van der Waals surface area contributed by atoms with Crippen molar-refractivity contribution in [1.29, 1.82) is 0 Å². The van der Waals surface area contributed by atoms with Gasteiger partial charge in [0.15, 0.2) is 11.5 Å². The molecule has 30 heavy (non-hydrogen) atoms. The summed E-state index contributed by atoms with van der Waals surface area (Å²) in [6.45, 7) is 1.80. The van der Waals surface area contributed by atoms with Crippen LogP contribution < -0.4 is 20.5 Å². The highest BCUT2D eigenvalue weighted by Crippen LogP contribution is 2.41. The lowest BCUT2D eigenvalue weighted by atomic mass is 10.1. The average Bonchev–Trinajstić information content (AvgIpc) is 3.34. The van der Waals surface area contributed by atoms with E-state index in [0.29, 0.717) is 36.3 Å². The molecule has 4 rings (SSSR count). The van der Waals surface area contributed by atoms with E-state index in [9.17, 15) is 9.59 Å². The van der Waals surface area contributed by atoms with Gasteiger partial charge in [0.25, 0.3) is 0 Å². The molecule has 2 aromatic rings. The first kappa shape index (κ1) is 19.7. The van der Waals surface area contributed by atoms with Crippen LogP contribution in [0.2, 0.25) is 0 Å². The number of hydrogen-bond donors (Lipinski definition) is 2. The number of carbonyl (C=O) groups is 2. The number of nitrogens with zero attached hydrogens (tertiary/aromatic N) is 4. The van der Waals surface area contributed by atoms with Gasteiger partial charge in [-0.15, -0.1) is 0 Å². The highest BCUT2D eigenvalue weighted by atomic mass is 16.5. The van der Waals surface area contributed by atoms with Gasteiger partial charge >= 0.3 is 0 Å². The van der Waals surface area contributed by atoms with Crippen molar-refractivity contribution in [3.05, 3.63) is 36.4 Å². The van der Waals surface area contributed by atoms with Crippen LogP contribution in [0.4, 0.5) is 5.69 Å². The van der Waals surface area contributed by atoms with E-state index in [0.717, 1.165) is 24.9 Å². The number of carbonyl (C=O) groups excluding carboxylic acids is 2. The van der Waals surface area contributed by atoms with Crippen LogP contribution in [0.15, 0.2) is 35.8 Å². The number of ether oxygens (including phenoxy) is 2. The molecule has 0 radical (unpaired) electrons. The Labute approximate surface area is 173 Å². The first-order valence-electron chi connectivity index (χ1n) is 9.79. The summed E-state index contributed by atoms with van der Waals surface area (Å²) in [7, 11) is 1.58. The van der Waals surface area contributed by atoms with Crippen LogP contribution in [0.3, 0.4) is 0 Å². The third-order valence-electron chi connectivity index (χ3n) is 5.17. The number of aromatic nitrogens is 2. The molecule has 0 spiro atoms. The van der Waals surface area contributed by atoms with Crippen LogP contribution in [-0.2, 0) is 22.7 Å². The first-order valence-corrected chi connectivity index (χ1v) is 9.79. The zero-order valence-electron chi connectivity index (χ0n) is 16.7. The quantitative estimate of drug-likeness (QED) is 0.591. The largest absolute Gasteiger partial charge is 0.492 e. The highest BCUT2D eigenvalue weighted by Gasteiger charge is 2.40. The Kier molecular flexibility index (Phi) is 5.55. The van der Waals surface area contributed by atoms with E-state index in [2.05, 4.69) is 15.3 Å². The maximum Gasteiger partial charge on any atom is 0.250 e. The van der Waals surface area contributed by atoms with Crippen molar-refractivity contribution in [2.24, 2.45) is 10.7 Å². The SMILES string of the molecule is COc1c(OCCCCn2ccnc2)ccc2c1CN1C(=N2)NC(=O)C1CC(N)=O. The molecule has 1 aromatic carbocycles. The molecule has 0 bridgehead atoms. The minimum atomic E-state index is -0.674. The van der Waals surface area contributed by atoms with Crippen molar-refractivity contribution in [3.63, 3.8) is 0 Å².